The van der Waals surface area contributed by atoms with Crippen LogP contribution in [0.5, 0.6) is 17.2 Å². The predicted octanol–water partition coefficient (Wildman–Crippen LogP) is 5.04. The molecule has 0 aliphatic carbocycles. The average Bonchev–Trinajstić information content (AvgIpc) is 3.23. The second kappa shape index (κ2) is 8.97. The van der Waals surface area contributed by atoms with Crippen molar-refractivity contribution in [2.75, 3.05) is 27.4 Å². The van der Waals surface area contributed by atoms with Crippen LogP contribution in [0.4, 0.5) is 0 Å². The quantitative estimate of drug-likeness (QED) is 0.433. The van der Waals surface area contributed by atoms with Crippen LogP contribution in [0.2, 0.25) is 0 Å². The van der Waals surface area contributed by atoms with Crippen LogP contribution < -0.4 is 19.5 Å². The van der Waals surface area contributed by atoms with Crippen molar-refractivity contribution in [2.24, 2.45) is 0 Å². The lowest BCUT2D eigenvalue weighted by atomic mass is 9.94. The Morgan fingerprint density at radius 1 is 0.906 bits per heavy atom. The largest absolute Gasteiger partial charge is 0.497 e. The minimum Gasteiger partial charge on any atom is -0.497 e. The lowest BCUT2D eigenvalue weighted by Crippen LogP contribution is -2.30. The Kier molecular flexibility index (Phi) is 5.73. The maximum atomic E-state index is 6.05. The van der Waals surface area contributed by atoms with Gasteiger partial charge in [-0.2, -0.15) is 0 Å². The minimum atomic E-state index is 0.0735. The van der Waals surface area contributed by atoms with E-state index in [4.69, 9.17) is 14.2 Å². The average molecular weight is 429 g/mol. The highest BCUT2D eigenvalue weighted by Gasteiger charge is 2.26. The number of methoxy groups -OCH3 is 2. The SMILES string of the molecule is COc1ccc2[nH]c3c(c2c1)CCNC3c1ccc(OCCc2ccccc2)c(OC)c1. The zero-order valence-electron chi connectivity index (χ0n) is 18.5. The van der Waals surface area contributed by atoms with Gasteiger partial charge in [-0.1, -0.05) is 36.4 Å². The Balaban J connectivity index is 1.39. The van der Waals surface area contributed by atoms with E-state index >= 15 is 0 Å². The third-order valence-electron chi connectivity index (χ3n) is 6.17. The van der Waals surface area contributed by atoms with Gasteiger partial charge in [0.25, 0.3) is 0 Å². The van der Waals surface area contributed by atoms with Gasteiger partial charge in [-0.25, -0.2) is 0 Å². The highest BCUT2D eigenvalue weighted by molar-refractivity contribution is 5.86. The smallest absolute Gasteiger partial charge is 0.161 e. The third-order valence-corrected chi connectivity index (χ3v) is 6.17. The van der Waals surface area contributed by atoms with Crippen LogP contribution in [0.25, 0.3) is 10.9 Å². The molecule has 5 rings (SSSR count). The van der Waals surface area contributed by atoms with Gasteiger partial charge in [0, 0.05) is 29.6 Å². The van der Waals surface area contributed by atoms with Crippen molar-refractivity contribution in [3.8, 4) is 17.2 Å². The van der Waals surface area contributed by atoms with Crippen LogP contribution in [0.1, 0.15) is 28.4 Å². The molecule has 3 aromatic carbocycles. The van der Waals surface area contributed by atoms with Crippen LogP contribution in [0.3, 0.4) is 0 Å². The molecule has 0 saturated carbocycles. The van der Waals surface area contributed by atoms with Crippen LogP contribution >= 0.6 is 0 Å². The summed E-state index contributed by atoms with van der Waals surface area (Å²) >= 11 is 0. The van der Waals surface area contributed by atoms with E-state index in [0.717, 1.165) is 47.7 Å². The fourth-order valence-electron chi connectivity index (χ4n) is 4.52. The molecule has 1 aromatic heterocycles. The zero-order valence-corrected chi connectivity index (χ0v) is 18.5. The number of rotatable bonds is 7. The summed E-state index contributed by atoms with van der Waals surface area (Å²) in [6.07, 6.45) is 1.84. The molecular weight excluding hydrogens is 400 g/mol. The standard InChI is InChI=1S/C27H28N2O3/c1-30-20-9-10-23-22(17-20)21-12-14-28-26(27(21)29-23)19-8-11-24(25(16-19)31-2)32-15-13-18-6-4-3-5-7-18/h3-11,16-17,26,28-29H,12-15H2,1-2H3. The van der Waals surface area contributed by atoms with Gasteiger partial charge in [0.05, 0.1) is 26.9 Å². The first-order chi connectivity index (χ1) is 15.8. The Morgan fingerprint density at radius 3 is 2.59 bits per heavy atom. The molecule has 164 valence electrons. The summed E-state index contributed by atoms with van der Waals surface area (Å²) in [6, 6.07) is 22.9. The van der Waals surface area contributed by atoms with Crippen molar-refractivity contribution < 1.29 is 14.2 Å². The third kappa shape index (κ3) is 3.92. The molecule has 5 nitrogen and oxygen atoms in total. The molecule has 0 bridgehead atoms. The van der Waals surface area contributed by atoms with Gasteiger partial charge in [0.1, 0.15) is 5.75 Å². The molecule has 0 fully saturated rings. The van der Waals surface area contributed by atoms with Gasteiger partial charge in [-0.3, -0.25) is 0 Å². The van der Waals surface area contributed by atoms with E-state index in [-0.39, 0.29) is 6.04 Å². The highest BCUT2D eigenvalue weighted by Crippen LogP contribution is 2.37. The van der Waals surface area contributed by atoms with Crippen LogP contribution in [0, 0.1) is 0 Å². The molecule has 0 amide bonds. The van der Waals surface area contributed by atoms with Gasteiger partial charge >= 0.3 is 0 Å². The maximum absolute atomic E-state index is 6.05. The summed E-state index contributed by atoms with van der Waals surface area (Å²) in [5, 5.41) is 4.89. The molecule has 1 atom stereocenters. The van der Waals surface area contributed by atoms with Crippen LogP contribution in [-0.2, 0) is 12.8 Å². The molecule has 1 aliphatic heterocycles. The maximum Gasteiger partial charge on any atom is 0.161 e. The Labute approximate surface area is 188 Å². The van der Waals surface area contributed by atoms with Gasteiger partial charge in [0.2, 0.25) is 0 Å². The highest BCUT2D eigenvalue weighted by atomic mass is 16.5. The number of benzene rings is 3. The normalized spacial score (nSPS) is 15.4. The van der Waals surface area contributed by atoms with Crippen LogP contribution in [0.15, 0.2) is 66.7 Å². The van der Waals surface area contributed by atoms with Crippen molar-refractivity contribution in [2.45, 2.75) is 18.9 Å². The number of nitrogens with one attached hydrogen (secondary N) is 2. The fourth-order valence-corrected chi connectivity index (χ4v) is 4.52. The van der Waals surface area contributed by atoms with Crippen molar-refractivity contribution >= 4 is 10.9 Å². The van der Waals surface area contributed by atoms with Gasteiger partial charge in [-0.05, 0) is 53.4 Å². The number of aromatic amines is 1. The summed E-state index contributed by atoms with van der Waals surface area (Å²) in [5.74, 6) is 2.40. The number of ether oxygens (including phenoxy) is 3. The molecule has 2 heterocycles. The summed E-state index contributed by atoms with van der Waals surface area (Å²) < 4.78 is 17.2. The van der Waals surface area contributed by atoms with Crippen molar-refractivity contribution in [1.29, 1.82) is 0 Å². The van der Waals surface area contributed by atoms with E-state index in [1.807, 2.05) is 18.2 Å². The van der Waals surface area contributed by atoms with Crippen molar-refractivity contribution in [3.63, 3.8) is 0 Å². The molecule has 5 heteroatoms. The van der Waals surface area contributed by atoms with E-state index < -0.39 is 0 Å². The summed E-state index contributed by atoms with van der Waals surface area (Å²) in [5.41, 5.74) is 6.11. The Morgan fingerprint density at radius 2 is 1.78 bits per heavy atom. The topological polar surface area (TPSA) is 55.5 Å². The fraction of sp³-hybridized carbons (Fsp3) is 0.259. The molecule has 0 saturated heterocycles. The van der Waals surface area contributed by atoms with E-state index in [2.05, 4.69) is 58.8 Å². The first-order valence-corrected chi connectivity index (χ1v) is 11.0. The number of aromatic nitrogens is 1. The molecule has 2 N–H and O–H groups in total. The van der Waals surface area contributed by atoms with E-state index in [1.54, 1.807) is 14.2 Å². The van der Waals surface area contributed by atoms with E-state index in [0.29, 0.717) is 6.61 Å². The Bertz CT molecular complexity index is 1220. The molecule has 0 radical (unpaired) electrons. The van der Waals surface area contributed by atoms with Gasteiger partial charge in [0.15, 0.2) is 11.5 Å². The number of H-pyrrole nitrogens is 1. The first-order valence-electron chi connectivity index (χ1n) is 11.0. The lowest BCUT2D eigenvalue weighted by Gasteiger charge is -2.25. The van der Waals surface area contributed by atoms with Crippen molar-refractivity contribution in [1.82, 2.24) is 10.3 Å². The molecule has 0 spiro atoms. The second-order valence-corrected chi connectivity index (χ2v) is 8.06. The minimum absolute atomic E-state index is 0.0735. The second-order valence-electron chi connectivity index (χ2n) is 8.06. The van der Waals surface area contributed by atoms with Crippen molar-refractivity contribution in [3.05, 3.63) is 89.1 Å². The summed E-state index contributed by atoms with van der Waals surface area (Å²) in [7, 11) is 3.40. The molecule has 1 unspecified atom stereocenters. The Hall–Kier alpha value is -3.44. The molecular formula is C27H28N2O3. The van der Waals surface area contributed by atoms with E-state index in [1.165, 1.54) is 22.2 Å². The first kappa shape index (κ1) is 20.5. The number of hydrogen-bond donors (Lipinski definition) is 2. The monoisotopic (exact) mass is 428 g/mol. The van der Waals surface area contributed by atoms with Gasteiger partial charge < -0.3 is 24.5 Å². The molecule has 32 heavy (non-hydrogen) atoms. The van der Waals surface area contributed by atoms with E-state index in [9.17, 15) is 0 Å². The van der Waals surface area contributed by atoms with Crippen LogP contribution in [-0.4, -0.2) is 32.4 Å². The van der Waals surface area contributed by atoms with Gasteiger partial charge in [-0.15, -0.1) is 0 Å². The summed E-state index contributed by atoms with van der Waals surface area (Å²) in [6.45, 7) is 1.52. The molecule has 1 aliphatic rings. The summed E-state index contributed by atoms with van der Waals surface area (Å²) in [4.78, 5) is 3.63. The predicted molar refractivity (Wildman–Crippen MR) is 127 cm³/mol. The lowest BCUT2D eigenvalue weighted by molar-refractivity contribution is 0.297. The zero-order chi connectivity index (χ0) is 21.9. The number of hydrogen-bond acceptors (Lipinski definition) is 4. The number of fused-ring (bicyclic) bond motifs is 3. The molecule has 4 aromatic rings.